The van der Waals surface area contributed by atoms with Crippen molar-refractivity contribution in [3.63, 3.8) is 0 Å². The number of carbonyl (C=O) groups is 2. The largest absolute Gasteiger partial charge is 0.506 e. The zero-order chi connectivity index (χ0) is 16.7. The van der Waals surface area contributed by atoms with Crippen molar-refractivity contribution in [1.82, 2.24) is 15.0 Å². The lowest BCUT2D eigenvalue weighted by molar-refractivity contribution is 0.0653. The van der Waals surface area contributed by atoms with Crippen molar-refractivity contribution in [3.05, 3.63) is 46.5 Å². The number of benzene rings is 2. The molecule has 23 heavy (non-hydrogen) atoms. The van der Waals surface area contributed by atoms with Crippen LogP contribution in [-0.4, -0.2) is 42.3 Å². The number of aromatic nitrogens is 3. The molecule has 0 fully saturated rings. The lowest BCUT2D eigenvalue weighted by Crippen LogP contribution is -2.10. The number of hydrogen-bond acceptors (Lipinski definition) is 5. The van der Waals surface area contributed by atoms with Gasteiger partial charge in [0.1, 0.15) is 28.0 Å². The second-order valence-corrected chi connectivity index (χ2v) is 4.97. The van der Waals surface area contributed by atoms with Gasteiger partial charge in [-0.3, -0.25) is 0 Å². The summed E-state index contributed by atoms with van der Waals surface area (Å²) < 4.78 is 0. The van der Waals surface area contributed by atoms with E-state index in [0.717, 1.165) is 4.80 Å². The first-order valence-corrected chi connectivity index (χ1v) is 6.62. The topological polar surface area (TPSA) is 126 Å². The van der Waals surface area contributed by atoms with E-state index >= 15 is 0 Å². The molecule has 0 aliphatic heterocycles. The van der Waals surface area contributed by atoms with Gasteiger partial charge in [0.25, 0.3) is 0 Å². The SMILES string of the molecule is O=C(O)c1c(Cl)cc2nn(-c3ccccc3O)nc2c1C(=O)O. The maximum absolute atomic E-state index is 11.5. The molecule has 0 saturated carbocycles. The standard InChI is InChI=1S/C14H8ClN3O5/c15-6-5-7-12(11(14(22)23)10(6)13(20)21)17-18(16-7)8-3-1-2-4-9(8)19/h1-5,19H,(H,20,21)(H,22,23). The molecule has 116 valence electrons. The minimum atomic E-state index is -1.49. The highest BCUT2D eigenvalue weighted by atomic mass is 35.5. The molecule has 0 unspecified atom stereocenters. The average Bonchev–Trinajstić information content (AvgIpc) is 2.88. The third-order valence-corrected chi connectivity index (χ3v) is 3.45. The fourth-order valence-corrected chi connectivity index (χ4v) is 2.46. The highest BCUT2D eigenvalue weighted by Crippen LogP contribution is 2.29. The highest BCUT2D eigenvalue weighted by Gasteiger charge is 2.26. The van der Waals surface area contributed by atoms with Crippen molar-refractivity contribution >= 4 is 34.6 Å². The minimum Gasteiger partial charge on any atom is -0.506 e. The molecule has 8 nitrogen and oxygen atoms in total. The number of carboxylic acid groups (broad SMARTS) is 2. The van der Waals surface area contributed by atoms with Gasteiger partial charge in [0.15, 0.2) is 0 Å². The number of phenolic OH excluding ortho intramolecular Hbond substituents is 1. The second-order valence-electron chi connectivity index (χ2n) is 4.56. The monoisotopic (exact) mass is 333 g/mol. The van der Waals surface area contributed by atoms with Crippen LogP contribution in [-0.2, 0) is 0 Å². The Bertz CT molecular complexity index is 966. The van der Waals surface area contributed by atoms with Gasteiger partial charge in [-0.2, -0.15) is 0 Å². The molecule has 3 rings (SSSR count). The van der Waals surface area contributed by atoms with Crippen molar-refractivity contribution < 1.29 is 24.9 Å². The molecular weight excluding hydrogens is 326 g/mol. The fourth-order valence-electron chi connectivity index (χ4n) is 2.18. The molecule has 2 aromatic carbocycles. The lowest BCUT2D eigenvalue weighted by Gasteiger charge is -2.03. The van der Waals surface area contributed by atoms with E-state index in [1.807, 2.05) is 0 Å². The van der Waals surface area contributed by atoms with E-state index in [4.69, 9.17) is 11.6 Å². The number of aromatic hydroxyl groups is 1. The van der Waals surface area contributed by atoms with Crippen LogP contribution in [0, 0.1) is 0 Å². The van der Waals surface area contributed by atoms with Crippen LogP contribution >= 0.6 is 11.6 Å². The van der Waals surface area contributed by atoms with Gasteiger partial charge < -0.3 is 15.3 Å². The number of para-hydroxylation sites is 2. The number of halogens is 1. The summed E-state index contributed by atoms with van der Waals surface area (Å²) in [5, 5.41) is 36.1. The molecule has 3 aromatic rings. The molecule has 0 bridgehead atoms. The molecule has 0 radical (unpaired) electrons. The van der Waals surface area contributed by atoms with Gasteiger partial charge in [0.05, 0.1) is 10.6 Å². The van der Waals surface area contributed by atoms with Crippen molar-refractivity contribution in [1.29, 1.82) is 0 Å². The highest BCUT2D eigenvalue weighted by molar-refractivity contribution is 6.35. The first-order chi connectivity index (χ1) is 10.9. The minimum absolute atomic E-state index is 0.0978. The van der Waals surface area contributed by atoms with Gasteiger partial charge in [0, 0.05) is 0 Å². The van der Waals surface area contributed by atoms with E-state index in [1.165, 1.54) is 18.2 Å². The van der Waals surface area contributed by atoms with Crippen LogP contribution in [0.25, 0.3) is 16.7 Å². The number of hydrogen-bond donors (Lipinski definition) is 3. The van der Waals surface area contributed by atoms with E-state index < -0.39 is 23.1 Å². The Morgan fingerprint density at radius 3 is 2.30 bits per heavy atom. The van der Waals surface area contributed by atoms with E-state index in [2.05, 4.69) is 10.2 Å². The van der Waals surface area contributed by atoms with Gasteiger partial charge >= 0.3 is 11.9 Å². The van der Waals surface area contributed by atoms with Crippen molar-refractivity contribution in [2.24, 2.45) is 0 Å². The maximum Gasteiger partial charge on any atom is 0.338 e. The Balaban J connectivity index is 2.37. The van der Waals surface area contributed by atoms with Crippen LogP contribution in [0.3, 0.4) is 0 Å². The molecule has 0 saturated heterocycles. The Kier molecular flexibility index (Phi) is 3.38. The lowest BCUT2D eigenvalue weighted by atomic mass is 10.1. The molecule has 0 spiro atoms. The van der Waals surface area contributed by atoms with Gasteiger partial charge in [0.2, 0.25) is 0 Å². The van der Waals surface area contributed by atoms with Crippen LogP contribution < -0.4 is 0 Å². The molecular formula is C14H8ClN3O5. The smallest absolute Gasteiger partial charge is 0.338 e. The third kappa shape index (κ3) is 2.34. The first-order valence-electron chi connectivity index (χ1n) is 6.24. The number of carboxylic acids is 2. The van der Waals surface area contributed by atoms with Crippen molar-refractivity contribution in [3.8, 4) is 11.4 Å². The summed E-state index contributed by atoms with van der Waals surface area (Å²) >= 11 is 5.86. The van der Waals surface area contributed by atoms with E-state index in [0.29, 0.717) is 0 Å². The van der Waals surface area contributed by atoms with E-state index in [9.17, 15) is 24.9 Å². The number of fused-ring (bicyclic) bond motifs is 1. The molecule has 9 heteroatoms. The van der Waals surface area contributed by atoms with Gasteiger partial charge in [-0.15, -0.1) is 15.0 Å². The van der Waals surface area contributed by atoms with Gasteiger partial charge in [-0.05, 0) is 18.2 Å². The van der Waals surface area contributed by atoms with Crippen LogP contribution in [0.1, 0.15) is 20.7 Å². The number of aromatic carboxylic acids is 2. The van der Waals surface area contributed by atoms with Crippen molar-refractivity contribution in [2.45, 2.75) is 0 Å². The summed E-state index contributed by atoms with van der Waals surface area (Å²) in [5.74, 6) is -3.08. The predicted octanol–water partition coefficient (Wildman–Crippen LogP) is 2.18. The molecule has 0 aliphatic rings. The van der Waals surface area contributed by atoms with Gasteiger partial charge in [-0.1, -0.05) is 23.7 Å². The van der Waals surface area contributed by atoms with Crippen LogP contribution in [0.4, 0.5) is 0 Å². The molecule has 1 heterocycles. The Morgan fingerprint density at radius 1 is 1.04 bits per heavy atom. The molecule has 0 aliphatic carbocycles. The van der Waals surface area contributed by atoms with Crippen LogP contribution in [0.2, 0.25) is 5.02 Å². The zero-order valence-electron chi connectivity index (χ0n) is 11.3. The number of rotatable bonds is 3. The summed E-state index contributed by atoms with van der Waals surface area (Å²) in [6.07, 6.45) is 0. The quantitative estimate of drug-likeness (QED) is 0.670. The molecule has 0 atom stereocenters. The van der Waals surface area contributed by atoms with E-state index in [1.54, 1.807) is 12.1 Å². The first kappa shape index (κ1) is 14.8. The summed E-state index contributed by atoms with van der Waals surface area (Å²) in [6.45, 7) is 0. The number of phenols is 1. The molecule has 3 N–H and O–H groups in total. The number of nitrogens with zero attached hydrogens (tertiary/aromatic N) is 3. The summed E-state index contributed by atoms with van der Waals surface area (Å²) in [4.78, 5) is 23.8. The summed E-state index contributed by atoms with van der Waals surface area (Å²) in [5.41, 5.74) is -0.936. The maximum atomic E-state index is 11.5. The normalized spacial score (nSPS) is 10.8. The zero-order valence-corrected chi connectivity index (χ0v) is 12.0. The Labute approximate surface area is 133 Å². The summed E-state index contributed by atoms with van der Waals surface area (Å²) in [7, 11) is 0. The summed E-state index contributed by atoms with van der Waals surface area (Å²) in [6, 6.07) is 7.39. The van der Waals surface area contributed by atoms with Crippen LogP contribution in [0.15, 0.2) is 30.3 Å². The second kappa shape index (κ2) is 5.25. The Morgan fingerprint density at radius 2 is 1.70 bits per heavy atom. The van der Waals surface area contributed by atoms with Crippen LogP contribution in [0.5, 0.6) is 5.75 Å². The average molecular weight is 334 g/mol. The van der Waals surface area contributed by atoms with E-state index in [-0.39, 0.29) is 27.5 Å². The molecule has 1 aromatic heterocycles. The molecule has 0 amide bonds. The predicted molar refractivity (Wildman–Crippen MR) is 79.5 cm³/mol. The Hall–Kier alpha value is -3.13. The fraction of sp³-hybridized carbons (Fsp3) is 0. The van der Waals surface area contributed by atoms with Crippen molar-refractivity contribution in [2.75, 3.05) is 0 Å². The van der Waals surface area contributed by atoms with Gasteiger partial charge in [-0.25, -0.2) is 9.59 Å². The third-order valence-electron chi connectivity index (χ3n) is 3.15.